The Morgan fingerprint density at radius 2 is 2.05 bits per heavy atom. The van der Waals surface area contributed by atoms with Crippen molar-refractivity contribution in [1.29, 1.82) is 0 Å². The summed E-state index contributed by atoms with van der Waals surface area (Å²) in [5.41, 5.74) is 8.66. The maximum Gasteiger partial charge on any atom is 0.254 e. The molecule has 0 aromatic heterocycles. The predicted octanol–water partition coefficient (Wildman–Crippen LogP) is 3.09. The summed E-state index contributed by atoms with van der Waals surface area (Å²) >= 11 is 0. The van der Waals surface area contributed by atoms with Gasteiger partial charge in [0.1, 0.15) is 0 Å². The molecule has 2 N–H and O–H groups in total. The molecule has 3 heteroatoms. The zero-order valence-corrected chi connectivity index (χ0v) is 11.9. The van der Waals surface area contributed by atoms with Crippen LogP contribution in [0.15, 0.2) is 35.9 Å². The molecule has 0 aliphatic carbocycles. The standard InChI is InChI=1S/C16H22N2O/c1-16(2,3)13-7-9-18(10-8-13)15(19)12-5-4-6-14(17)11-12/h4-7,11H,8-10,17H2,1-3H3. The fourth-order valence-electron chi connectivity index (χ4n) is 2.39. The van der Waals surface area contributed by atoms with Gasteiger partial charge in [0.2, 0.25) is 0 Å². The van der Waals surface area contributed by atoms with Crippen molar-refractivity contribution in [2.45, 2.75) is 27.2 Å². The molecule has 102 valence electrons. The monoisotopic (exact) mass is 258 g/mol. The van der Waals surface area contributed by atoms with Gasteiger partial charge in [-0.25, -0.2) is 0 Å². The van der Waals surface area contributed by atoms with E-state index >= 15 is 0 Å². The van der Waals surface area contributed by atoms with Gasteiger partial charge in [-0.2, -0.15) is 0 Å². The second-order valence-electron chi connectivity index (χ2n) is 6.11. The van der Waals surface area contributed by atoms with Crippen molar-refractivity contribution in [2.75, 3.05) is 18.8 Å². The highest BCUT2D eigenvalue weighted by atomic mass is 16.2. The number of nitrogens with two attached hydrogens (primary N) is 1. The van der Waals surface area contributed by atoms with Crippen molar-refractivity contribution in [3.05, 3.63) is 41.5 Å². The molecule has 0 saturated heterocycles. The largest absolute Gasteiger partial charge is 0.399 e. The second kappa shape index (κ2) is 5.08. The minimum absolute atomic E-state index is 0.0662. The van der Waals surface area contributed by atoms with Crippen molar-refractivity contribution in [1.82, 2.24) is 4.90 Å². The van der Waals surface area contributed by atoms with Crippen LogP contribution in [0.25, 0.3) is 0 Å². The Kier molecular flexibility index (Phi) is 3.65. The second-order valence-corrected chi connectivity index (χ2v) is 6.11. The van der Waals surface area contributed by atoms with Crippen LogP contribution >= 0.6 is 0 Å². The minimum atomic E-state index is 0.0662. The molecule has 3 nitrogen and oxygen atoms in total. The lowest BCUT2D eigenvalue weighted by molar-refractivity contribution is 0.0765. The summed E-state index contributed by atoms with van der Waals surface area (Å²) in [4.78, 5) is 14.2. The van der Waals surface area contributed by atoms with Crippen LogP contribution in [0.1, 0.15) is 37.6 Å². The number of rotatable bonds is 1. The molecule has 0 saturated carbocycles. The first-order valence-electron chi connectivity index (χ1n) is 6.72. The van der Waals surface area contributed by atoms with Crippen LogP contribution in [0, 0.1) is 5.41 Å². The molecule has 1 aromatic carbocycles. The SMILES string of the molecule is CC(C)(C)C1=CCN(C(=O)c2cccc(N)c2)CC1. The molecule has 1 amide bonds. The van der Waals surface area contributed by atoms with Gasteiger partial charge in [-0.1, -0.05) is 38.5 Å². The first-order chi connectivity index (χ1) is 8.88. The van der Waals surface area contributed by atoms with E-state index in [1.807, 2.05) is 17.0 Å². The van der Waals surface area contributed by atoms with E-state index in [2.05, 4.69) is 26.8 Å². The summed E-state index contributed by atoms with van der Waals surface area (Å²) < 4.78 is 0. The summed E-state index contributed by atoms with van der Waals surface area (Å²) in [7, 11) is 0. The molecule has 0 atom stereocenters. The fraction of sp³-hybridized carbons (Fsp3) is 0.438. The van der Waals surface area contributed by atoms with Gasteiger partial charge in [0.05, 0.1) is 0 Å². The molecular weight excluding hydrogens is 236 g/mol. The molecule has 1 aliphatic rings. The number of carbonyl (C=O) groups excluding carboxylic acids is 1. The molecule has 0 unspecified atom stereocenters. The van der Waals surface area contributed by atoms with Crippen molar-refractivity contribution in [2.24, 2.45) is 5.41 Å². The first kappa shape index (κ1) is 13.7. The molecule has 0 radical (unpaired) electrons. The summed E-state index contributed by atoms with van der Waals surface area (Å²) in [6.07, 6.45) is 3.14. The fourth-order valence-corrected chi connectivity index (χ4v) is 2.39. The molecule has 1 aliphatic heterocycles. The van der Waals surface area contributed by atoms with E-state index in [0.29, 0.717) is 17.8 Å². The topological polar surface area (TPSA) is 46.3 Å². The van der Waals surface area contributed by atoms with Crippen LogP contribution in [-0.4, -0.2) is 23.9 Å². The maximum atomic E-state index is 12.3. The number of carbonyl (C=O) groups is 1. The highest BCUT2D eigenvalue weighted by Gasteiger charge is 2.24. The minimum Gasteiger partial charge on any atom is -0.399 e. The molecule has 1 aromatic rings. The Hall–Kier alpha value is -1.77. The Morgan fingerprint density at radius 1 is 1.32 bits per heavy atom. The Morgan fingerprint density at radius 3 is 2.58 bits per heavy atom. The highest BCUT2D eigenvalue weighted by Crippen LogP contribution is 2.30. The van der Waals surface area contributed by atoms with E-state index < -0.39 is 0 Å². The molecule has 1 heterocycles. The van der Waals surface area contributed by atoms with E-state index in [1.54, 1.807) is 12.1 Å². The smallest absolute Gasteiger partial charge is 0.254 e. The summed E-state index contributed by atoms with van der Waals surface area (Å²) in [5, 5.41) is 0. The van der Waals surface area contributed by atoms with Gasteiger partial charge in [0.15, 0.2) is 0 Å². The maximum absolute atomic E-state index is 12.3. The summed E-state index contributed by atoms with van der Waals surface area (Å²) in [5.74, 6) is 0.0662. The van der Waals surface area contributed by atoms with Gasteiger partial charge in [0.25, 0.3) is 5.91 Å². The average Bonchev–Trinajstić information content (AvgIpc) is 2.37. The lowest BCUT2D eigenvalue weighted by Gasteiger charge is -2.32. The molecule has 0 bridgehead atoms. The lowest BCUT2D eigenvalue weighted by atomic mass is 9.83. The van der Waals surface area contributed by atoms with Gasteiger partial charge in [-0.3, -0.25) is 4.79 Å². The van der Waals surface area contributed by atoms with Crippen molar-refractivity contribution in [3.63, 3.8) is 0 Å². The van der Waals surface area contributed by atoms with Crippen molar-refractivity contribution < 1.29 is 4.79 Å². The lowest BCUT2D eigenvalue weighted by Crippen LogP contribution is -2.36. The third kappa shape index (κ3) is 3.16. The number of anilines is 1. The number of nitrogen functional groups attached to an aromatic ring is 1. The molecule has 2 rings (SSSR count). The van der Waals surface area contributed by atoms with Gasteiger partial charge in [-0.15, -0.1) is 0 Å². The summed E-state index contributed by atoms with van der Waals surface area (Å²) in [6, 6.07) is 7.18. The van der Waals surface area contributed by atoms with Crippen LogP contribution < -0.4 is 5.73 Å². The van der Waals surface area contributed by atoms with Crippen LogP contribution in [0.3, 0.4) is 0 Å². The average molecular weight is 258 g/mol. The number of hydrogen-bond donors (Lipinski definition) is 1. The van der Waals surface area contributed by atoms with Crippen LogP contribution in [0.5, 0.6) is 0 Å². The quantitative estimate of drug-likeness (QED) is 0.621. The normalized spacial score (nSPS) is 16.2. The third-order valence-electron chi connectivity index (χ3n) is 3.59. The van der Waals surface area contributed by atoms with Crippen molar-refractivity contribution >= 4 is 11.6 Å². The van der Waals surface area contributed by atoms with Gasteiger partial charge < -0.3 is 10.6 Å². The predicted molar refractivity (Wildman–Crippen MR) is 78.9 cm³/mol. The third-order valence-corrected chi connectivity index (χ3v) is 3.59. The first-order valence-corrected chi connectivity index (χ1v) is 6.72. The Bertz CT molecular complexity index is 512. The number of nitrogens with zero attached hydrogens (tertiary/aromatic N) is 1. The van der Waals surface area contributed by atoms with Gasteiger partial charge in [0, 0.05) is 24.3 Å². The Labute approximate surface area is 115 Å². The van der Waals surface area contributed by atoms with E-state index in [1.165, 1.54) is 5.57 Å². The number of benzene rings is 1. The summed E-state index contributed by atoms with van der Waals surface area (Å²) in [6.45, 7) is 8.13. The molecule has 19 heavy (non-hydrogen) atoms. The van der Waals surface area contributed by atoms with Gasteiger partial charge in [-0.05, 0) is 30.0 Å². The molecular formula is C16H22N2O. The zero-order valence-electron chi connectivity index (χ0n) is 11.9. The van der Waals surface area contributed by atoms with Crippen LogP contribution in [0.4, 0.5) is 5.69 Å². The van der Waals surface area contributed by atoms with Crippen molar-refractivity contribution in [3.8, 4) is 0 Å². The number of amides is 1. The van der Waals surface area contributed by atoms with E-state index in [0.717, 1.165) is 13.0 Å². The molecule has 0 fully saturated rings. The van der Waals surface area contributed by atoms with E-state index in [4.69, 9.17) is 5.73 Å². The highest BCUT2D eigenvalue weighted by molar-refractivity contribution is 5.95. The van der Waals surface area contributed by atoms with Gasteiger partial charge >= 0.3 is 0 Å². The van der Waals surface area contributed by atoms with E-state index in [-0.39, 0.29) is 11.3 Å². The number of hydrogen-bond acceptors (Lipinski definition) is 2. The zero-order chi connectivity index (χ0) is 14.0. The van der Waals surface area contributed by atoms with Crippen LogP contribution in [0.2, 0.25) is 0 Å². The Balaban J connectivity index is 2.10. The molecule has 0 spiro atoms. The van der Waals surface area contributed by atoms with E-state index in [9.17, 15) is 4.79 Å². The van der Waals surface area contributed by atoms with Crippen LogP contribution in [-0.2, 0) is 0 Å².